The highest BCUT2D eigenvalue weighted by molar-refractivity contribution is 5.95. The van der Waals surface area contributed by atoms with Crippen molar-refractivity contribution in [2.75, 3.05) is 26.2 Å². The van der Waals surface area contributed by atoms with Crippen LogP contribution in [0, 0.1) is 18.6 Å². The summed E-state index contributed by atoms with van der Waals surface area (Å²) in [6, 6.07) is 2.40. The van der Waals surface area contributed by atoms with Crippen LogP contribution in [0.1, 0.15) is 28.8 Å². The third kappa shape index (κ3) is 3.77. The van der Waals surface area contributed by atoms with Crippen molar-refractivity contribution in [3.8, 4) is 0 Å². The lowest BCUT2D eigenvalue weighted by atomic mass is 10.0. The van der Waals surface area contributed by atoms with E-state index in [0.717, 1.165) is 38.5 Å². The van der Waals surface area contributed by atoms with Crippen LogP contribution in [0.15, 0.2) is 12.1 Å². The zero-order valence-electron chi connectivity index (χ0n) is 12.2. The molecular weight excluding hydrogens is 276 g/mol. The summed E-state index contributed by atoms with van der Waals surface area (Å²) in [5, 5.41) is 2.73. The van der Waals surface area contributed by atoms with Crippen molar-refractivity contribution in [2.45, 2.75) is 25.8 Å². The fourth-order valence-electron chi connectivity index (χ4n) is 2.61. The number of halogens is 2. The Morgan fingerprint density at radius 1 is 1.38 bits per heavy atom. The van der Waals surface area contributed by atoms with Gasteiger partial charge in [-0.25, -0.2) is 8.78 Å². The molecule has 0 spiro atoms. The Morgan fingerprint density at radius 3 is 2.67 bits per heavy atom. The summed E-state index contributed by atoms with van der Waals surface area (Å²) in [4.78, 5) is 14.3. The van der Waals surface area contributed by atoms with Gasteiger partial charge in [0, 0.05) is 32.2 Å². The van der Waals surface area contributed by atoms with E-state index in [1.807, 2.05) is 0 Å². The van der Waals surface area contributed by atoms with E-state index >= 15 is 0 Å². The second-order valence-corrected chi connectivity index (χ2v) is 5.43. The van der Waals surface area contributed by atoms with Gasteiger partial charge in [0.15, 0.2) is 0 Å². The highest BCUT2D eigenvalue weighted by Gasteiger charge is 2.24. The van der Waals surface area contributed by atoms with Crippen LogP contribution in [-0.2, 0) is 0 Å². The molecule has 0 aliphatic carbocycles. The molecule has 0 atom stereocenters. The maximum atomic E-state index is 13.9. The molecule has 2 rings (SSSR count). The first-order valence-electron chi connectivity index (χ1n) is 7.20. The lowest BCUT2D eigenvalue weighted by Crippen LogP contribution is -2.46. The number of hydrogen-bond acceptors (Lipinski definition) is 3. The first-order chi connectivity index (χ1) is 10.0. The van der Waals surface area contributed by atoms with Gasteiger partial charge < -0.3 is 16.0 Å². The maximum Gasteiger partial charge on any atom is 0.257 e. The van der Waals surface area contributed by atoms with Crippen molar-refractivity contribution < 1.29 is 13.6 Å². The molecule has 0 saturated carbocycles. The van der Waals surface area contributed by atoms with Crippen molar-refractivity contribution in [3.63, 3.8) is 0 Å². The number of likely N-dealkylation sites (tertiary alicyclic amines) is 1. The van der Waals surface area contributed by atoms with Gasteiger partial charge in [-0.15, -0.1) is 0 Å². The molecule has 1 amide bonds. The van der Waals surface area contributed by atoms with Crippen molar-refractivity contribution in [1.82, 2.24) is 10.2 Å². The summed E-state index contributed by atoms with van der Waals surface area (Å²) in [6.45, 7) is 4.62. The summed E-state index contributed by atoms with van der Waals surface area (Å²) in [6.07, 6.45) is 1.53. The molecule has 1 aliphatic rings. The van der Waals surface area contributed by atoms with Gasteiger partial charge in [0.1, 0.15) is 17.2 Å². The van der Waals surface area contributed by atoms with Crippen LogP contribution < -0.4 is 11.1 Å². The molecule has 1 aromatic carbocycles. The van der Waals surface area contributed by atoms with Gasteiger partial charge in [-0.2, -0.15) is 0 Å². The van der Waals surface area contributed by atoms with Crippen LogP contribution in [0.4, 0.5) is 8.78 Å². The van der Waals surface area contributed by atoms with E-state index < -0.39 is 23.1 Å². The zero-order valence-corrected chi connectivity index (χ0v) is 12.2. The van der Waals surface area contributed by atoms with Crippen LogP contribution in [-0.4, -0.2) is 43.0 Å². The number of amides is 1. The lowest BCUT2D eigenvalue weighted by Gasteiger charge is -2.32. The summed E-state index contributed by atoms with van der Waals surface area (Å²) in [5.41, 5.74) is 5.28. The average molecular weight is 297 g/mol. The van der Waals surface area contributed by atoms with E-state index in [9.17, 15) is 13.6 Å². The Balaban J connectivity index is 1.99. The van der Waals surface area contributed by atoms with Gasteiger partial charge in [-0.1, -0.05) is 6.07 Å². The molecule has 3 N–H and O–H groups in total. The van der Waals surface area contributed by atoms with Gasteiger partial charge in [0.2, 0.25) is 0 Å². The van der Waals surface area contributed by atoms with Crippen molar-refractivity contribution in [1.29, 1.82) is 0 Å². The van der Waals surface area contributed by atoms with E-state index in [1.165, 1.54) is 13.0 Å². The Morgan fingerprint density at radius 2 is 2.05 bits per heavy atom. The summed E-state index contributed by atoms with van der Waals surface area (Å²) in [7, 11) is 0. The molecule has 6 heteroatoms. The highest BCUT2D eigenvalue weighted by atomic mass is 19.1. The Bertz CT molecular complexity index is 514. The normalized spacial score (nSPS) is 17.0. The molecule has 0 bridgehead atoms. The molecule has 1 heterocycles. The lowest BCUT2D eigenvalue weighted by molar-refractivity contribution is 0.0903. The van der Waals surface area contributed by atoms with Gasteiger partial charge >= 0.3 is 0 Å². The topological polar surface area (TPSA) is 58.4 Å². The first kappa shape index (κ1) is 15.9. The summed E-state index contributed by atoms with van der Waals surface area (Å²) in [5.74, 6) is -2.28. The molecule has 1 saturated heterocycles. The number of rotatable bonds is 4. The Kier molecular flexibility index (Phi) is 5.25. The number of nitrogens with zero attached hydrogens (tertiary/aromatic N) is 1. The number of benzene rings is 1. The van der Waals surface area contributed by atoms with Gasteiger partial charge in [-0.3, -0.25) is 4.79 Å². The van der Waals surface area contributed by atoms with Crippen LogP contribution in [0.3, 0.4) is 0 Å². The number of nitrogens with two attached hydrogens (primary N) is 1. The minimum absolute atomic E-state index is 0.0502. The molecule has 21 heavy (non-hydrogen) atoms. The minimum atomic E-state index is -0.823. The second-order valence-electron chi connectivity index (χ2n) is 5.43. The minimum Gasteiger partial charge on any atom is -0.349 e. The third-order valence-corrected chi connectivity index (χ3v) is 3.88. The zero-order chi connectivity index (χ0) is 15.4. The Labute approximate surface area is 123 Å². The van der Waals surface area contributed by atoms with Gasteiger partial charge in [-0.05, 0) is 31.4 Å². The molecule has 1 aromatic rings. The van der Waals surface area contributed by atoms with Crippen molar-refractivity contribution >= 4 is 5.91 Å². The van der Waals surface area contributed by atoms with Crippen LogP contribution in [0.25, 0.3) is 0 Å². The van der Waals surface area contributed by atoms with Crippen LogP contribution in [0.5, 0.6) is 0 Å². The average Bonchev–Trinajstić information content (AvgIpc) is 2.46. The van der Waals surface area contributed by atoms with E-state index in [0.29, 0.717) is 6.54 Å². The van der Waals surface area contributed by atoms with E-state index in [-0.39, 0.29) is 11.6 Å². The highest BCUT2D eigenvalue weighted by Crippen LogP contribution is 2.17. The molecule has 0 unspecified atom stereocenters. The largest absolute Gasteiger partial charge is 0.349 e. The van der Waals surface area contributed by atoms with Crippen LogP contribution >= 0.6 is 0 Å². The molecule has 4 nitrogen and oxygen atoms in total. The Hall–Kier alpha value is -1.53. The molecular formula is C15H21F2N3O. The van der Waals surface area contributed by atoms with Crippen molar-refractivity contribution in [2.24, 2.45) is 5.73 Å². The standard InChI is InChI=1S/C15H21F2N3O/c1-10-2-3-12(16)13(14(10)17)15(21)19-11-4-7-20(8-5-11)9-6-18/h2-3,11H,4-9,18H2,1H3,(H,19,21). The fraction of sp³-hybridized carbons (Fsp3) is 0.533. The molecule has 116 valence electrons. The molecule has 0 aromatic heterocycles. The second kappa shape index (κ2) is 6.95. The van der Waals surface area contributed by atoms with Gasteiger partial charge in [0.05, 0.1) is 0 Å². The third-order valence-electron chi connectivity index (χ3n) is 3.88. The maximum absolute atomic E-state index is 13.9. The van der Waals surface area contributed by atoms with Gasteiger partial charge in [0.25, 0.3) is 5.91 Å². The summed E-state index contributed by atoms with van der Waals surface area (Å²) < 4.78 is 27.6. The van der Waals surface area contributed by atoms with E-state index in [1.54, 1.807) is 0 Å². The van der Waals surface area contributed by atoms with E-state index in [4.69, 9.17) is 5.73 Å². The molecule has 1 fully saturated rings. The number of carbonyl (C=O) groups excluding carboxylic acids is 1. The number of hydrogen-bond donors (Lipinski definition) is 2. The predicted molar refractivity (Wildman–Crippen MR) is 77.1 cm³/mol. The van der Waals surface area contributed by atoms with Crippen LogP contribution in [0.2, 0.25) is 0 Å². The first-order valence-corrected chi connectivity index (χ1v) is 7.20. The SMILES string of the molecule is Cc1ccc(F)c(C(=O)NC2CCN(CCN)CC2)c1F. The van der Waals surface area contributed by atoms with E-state index in [2.05, 4.69) is 10.2 Å². The molecule has 1 aliphatic heterocycles. The predicted octanol–water partition coefficient (Wildman–Crippen LogP) is 1.43. The number of aryl methyl sites for hydroxylation is 1. The smallest absolute Gasteiger partial charge is 0.257 e. The van der Waals surface area contributed by atoms with Crippen molar-refractivity contribution in [3.05, 3.63) is 34.9 Å². The monoisotopic (exact) mass is 297 g/mol. The molecule has 0 radical (unpaired) electrons. The summed E-state index contributed by atoms with van der Waals surface area (Å²) >= 11 is 0. The number of piperidine rings is 1. The number of carbonyl (C=O) groups is 1. The number of nitrogens with one attached hydrogen (secondary N) is 1. The quantitative estimate of drug-likeness (QED) is 0.884. The fourth-order valence-corrected chi connectivity index (χ4v) is 2.61.